The highest BCUT2D eigenvalue weighted by Crippen LogP contribution is 2.20. The predicted molar refractivity (Wildman–Crippen MR) is 64.6 cm³/mol. The zero-order valence-corrected chi connectivity index (χ0v) is 11.4. The number of rotatable bonds is 1. The summed E-state index contributed by atoms with van der Waals surface area (Å²) >= 11 is 8.78. The number of carbonyl (C=O) groups excluding carboxylic acids is 1. The van der Waals surface area contributed by atoms with Crippen LogP contribution in [-0.4, -0.2) is 21.7 Å². The topological polar surface area (TPSA) is 64.1 Å². The molecule has 1 aromatic rings. The summed E-state index contributed by atoms with van der Waals surface area (Å²) in [6.07, 6.45) is 0.852. The molecule has 7 heteroatoms. The average Bonchev–Trinajstić information content (AvgIpc) is 2.08. The largest absolute Gasteiger partial charge is 0.444 e. The molecule has 16 heavy (non-hydrogen) atoms. The van der Waals surface area contributed by atoms with Crippen molar-refractivity contribution in [3.63, 3.8) is 0 Å². The molecule has 0 aromatic carbocycles. The van der Waals surface area contributed by atoms with Crippen LogP contribution in [0.25, 0.3) is 0 Å². The van der Waals surface area contributed by atoms with Crippen molar-refractivity contribution in [2.75, 3.05) is 5.32 Å². The van der Waals surface area contributed by atoms with Crippen molar-refractivity contribution in [3.8, 4) is 0 Å². The highest BCUT2D eigenvalue weighted by atomic mass is 79.9. The Balaban J connectivity index is 2.73. The average molecular weight is 309 g/mol. The van der Waals surface area contributed by atoms with Gasteiger partial charge >= 0.3 is 6.09 Å². The Morgan fingerprint density at radius 2 is 2.19 bits per heavy atom. The fourth-order valence-corrected chi connectivity index (χ4v) is 1.26. The van der Waals surface area contributed by atoms with E-state index in [4.69, 9.17) is 16.3 Å². The smallest absolute Gasteiger partial charge is 0.413 e. The fraction of sp³-hybridized carbons (Fsp3) is 0.444. The second-order valence-electron chi connectivity index (χ2n) is 3.96. The van der Waals surface area contributed by atoms with Gasteiger partial charge in [-0.05, 0) is 48.3 Å². The number of nitrogens with zero attached hydrogens (tertiary/aromatic N) is 2. The fourth-order valence-electron chi connectivity index (χ4n) is 0.834. The van der Waals surface area contributed by atoms with Gasteiger partial charge in [0.05, 0.1) is 4.47 Å². The summed E-state index contributed by atoms with van der Waals surface area (Å²) in [5.41, 5.74) is -0.562. The Morgan fingerprint density at radius 3 is 2.75 bits per heavy atom. The molecule has 1 heterocycles. The molecular weight excluding hydrogens is 297 g/mol. The molecule has 1 amide bonds. The van der Waals surface area contributed by atoms with E-state index in [1.54, 1.807) is 20.8 Å². The molecule has 1 rings (SSSR count). The molecule has 0 bridgehead atoms. The molecule has 5 nitrogen and oxygen atoms in total. The highest BCUT2D eigenvalue weighted by molar-refractivity contribution is 9.10. The number of nitrogens with one attached hydrogen (secondary N) is 1. The lowest BCUT2D eigenvalue weighted by molar-refractivity contribution is 0.0635. The highest BCUT2D eigenvalue weighted by Gasteiger charge is 2.17. The number of anilines is 1. The Labute approximate surface area is 107 Å². The molecule has 1 aromatic heterocycles. The number of halogens is 2. The minimum atomic E-state index is -0.594. The summed E-state index contributed by atoms with van der Waals surface area (Å²) in [4.78, 5) is 19.0. The predicted octanol–water partition coefficient (Wildman–Crippen LogP) is 3.24. The van der Waals surface area contributed by atoms with Gasteiger partial charge < -0.3 is 4.74 Å². The summed E-state index contributed by atoms with van der Waals surface area (Å²) in [7, 11) is 0. The molecule has 1 N–H and O–H groups in total. The third-order valence-electron chi connectivity index (χ3n) is 1.33. The summed E-state index contributed by atoms with van der Waals surface area (Å²) in [6.45, 7) is 5.32. The van der Waals surface area contributed by atoms with Gasteiger partial charge in [-0.25, -0.2) is 9.78 Å². The zero-order valence-electron chi connectivity index (χ0n) is 9.04. The van der Waals surface area contributed by atoms with Gasteiger partial charge in [0.2, 0.25) is 5.28 Å². The Hall–Kier alpha value is -0.880. The van der Waals surface area contributed by atoms with Crippen molar-refractivity contribution in [1.29, 1.82) is 0 Å². The second-order valence-corrected chi connectivity index (χ2v) is 5.15. The van der Waals surface area contributed by atoms with E-state index in [1.165, 1.54) is 6.20 Å². The first kappa shape index (κ1) is 13.2. The van der Waals surface area contributed by atoms with Crippen molar-refractivity contribution in [1.82, 2.24) is 9.97 Å². The van der Waals surface area contributed by atoms with E-state index < -0.39 is 11.7 Å². The van der Waals surface area contributed by atoms with Gasteiger partial charge in [-0.15, -0.1) is 0 Å². The van der Waals surface area contributed by atoms with Crippen molar-refractivity contribution in [2.24, 2.45) is 0 Å². The van der Waals surface area contributed by atoms with Crippen LogP contribution in [0.3, 0.4) is 0 Å². The van der Waals surface area contributed by atoms with E-state index in [0.717, 1.165) is 0 Å². The van der Waals surface area contributed by atoms with E-state index >= 15 is 0 Å². The quantitative estimate of drug-likeness (QED) is 0.809. The number of carbonyl (C=O) groups is 1. The third-order valence-corrected chi connectivity index (χ3v) is 2.10. The van der Waals surface area contributed by atoms with Crippen LogP contribution in [0.5, 0.6) is 0 Å². The van der Waals surface area contributed by atoms with Crippen LogP contribution in [0, 0.1) is 0 Å². The molecule has 0 saturated carbocycles. The summed E-state index contributed by atoms with van der Waals surface area (Å²) in [5, 5.41) is 2.51. The molecule has 0 radical (unpaired) electrons. The summed E-state index contributed by atoms with van der Waals surface area (Å²) in [5.74, 6) is 0.272. The minimum absolute atomic E-state index is 0.0502. The Morgan fingerprint density at radius 1 is 1.56 bits per heavy atom. The van der Waals surface area contributed by atoms with E-state index in [-0.39, 0.29) is 11.1 Å². The lowest BCUT2D eigenvalue weighted by atomic mass is 10.2. The standard InChI is InChI=1S/C9H11BrClN3O2/c1-9(2,3)16-8(15)14-6-5(10)4-12-7(11)13-6/h4H,1-3H3,(H,12,13,14,15). The Bertz CT molecular complexity index is 406. The van der Waals surface area contributed by atoms with Gasteiger partial charge in [0, 0.05) is 6.20 Å². The molecule has 0 atom stereocenters. The molecule has 88 valence electrons. The number of amides is 1. The summed E-state index contributed by atoms with van der Waals surface area (Å²) < 4.78 is 5.59. The lowest BCUT2D eigenvalue weighted by Crippen LogP contribution is -2.27. The third kappa shape index (κ3) is 4.32. The molecule has 0 fully saturated rings. The minimum Gasteiger partial charge on any atom is -0.444 e. The van der Waals surface area contributed by atoms with Crippen molar-refractivity contribution >= 4 is 39.4 Å². The van der Waals surface area contributed by atoms with Gasteiger partial charge in [-0.3, -0.25) is 5.32 Å². The maximum Gasteiger partial charge on any atom is 0.413 e. The van der Waals surface area contributed by atoms with E-state index in [2.05, 4.69) is 31.2 Å². The van der Waals surface area contributed by atoms with Gasteiger partial charge in [0.15, 0.2) is 5.82 Å². The van der Waals surface area contributed by atoms with Crippen LogP contribution >= 0.6 is 27.5 Å². The van der Waals surface area contributed by atoms with Crippen LogP contribution in [0.2, 0.25) is 5.28 Å². The van der Waals surface area contributed by atoms with Crippen molar-refractivity contribution in [3.05, 3.63) is 16.0 Å². The molecule has 0 unspecified atom stereocenters. The Kier molecular flexibility index (Phi) is 4.09. The molecule has 0 saturated heterocycles. The SMILES string of the molecule is CC(C)(C)OC(=O)Nc1nc(Cl)ncc1Br. The van der Waals surface area contributed by atoms with E-state index in [1.807, 2.05) is 0 Å². The van der Waals surface area contributed by atoms with Crippen molar-refractivity contribution < 1.29 is 9.53 Å². The van der Waals surface area contributed by atoms with Gasteiger partial charge in [-0.1, -0.05) is 0 Å². The maximum atomic E-state index is 11.4. The normalized spacial score (nSPS) is 11.1. The molecule has 0 aliphatic carbocycles. The lowest BCUT2D eigenvalue weighted by Gasteiger charge is -2.19. The van der Waals surface area contributed by atoms with E-state index in [0.29, 0.717) is 4.47 Å². The summed E-state index contributed by atoms with van der Waals surface area (Å²) in [6, 6.07) is 0. The molecule has 0 aliphatic heterocycles. The van der Waals surface area contributed by atoms with Crippen LogP contribution in [-0.2, 0) is 4.74 Å². The van der Waals surface area contributed by atoms with Crippen LogP contribution in [0.15, 0.2) is 10.7 Å². The van der Waals surface area contributed by atoms with Gasteiger partial charge in [-0.2, -0.15) is 4.98 Å². The van der Waals surface area contributed by atoms with Crippen LogP contribution < -0.4 is 5.32 Å². The second kappa shape index (κ2) is 4.97. The molecular formula is C9H11BrClN3O2. The van der Waals surface area contributed by atoms with Crippen molar-refractivity contribution in [2.45, 2.75) is 26.4 Å². The van der Waals surface area contributed by atoms with Gasteiger partial charge in [0.25, 0.3) is 0 Å². The number of ether oxygens (including phenoxy) is 1. The molecule has 0 spiro atoms. The van der Waals surface area contributed by atoms with Crippen LogP contribution in [0.4, 0.5) is 10.6 Å². The first-order chi connectivity index (χ1) is 7.28. The van der Waals surface area contributed by atoms with E-state index in [9.17, 15) is 4.79 Å². The number of aromatic nitrogens is 2. The monoisotopic (exact) mass is 307 g/mol. The number of hydrogen-bond donors (Lipinski definition) is 1. The van der Waals surface area contributed by atoms with Crippen LogP contribution in [0.1, 0.15) is 20.8 Å². The first-order valence-corrected chi connectivity index (χ1v) is 5.63. The first-order valence-electron chi connectivity index (χ1n) is 4.46. The number of hydrogen-bond acceptors (Lipinski definition) is 4. The maximum absolute atomic E-state index is 11.4. The molecule has 0 aliphatic rings. The zero-order chi connectivity index (χ0) is 12.3. The van der Waals surface area contributed by atoms with Gasteiger partial charge in [0.1, 0.15) is 5.60 Å².